The number of anilines is 1. The van der Waals surface area contributed by atoms with E-state index in [1.54, 1.807) is 0 Å². The summed E-state index contributed by atoms with van der Waals surface area (Å²) in [5, 5.41) is 9.56. The second-order valence-electron chi connectivity index (χ2n) is 5.86. The Morgan fingerprint density at radius 3 is 2.76 bits per heavy atom. The topological polar surface area (TPSA) is 62.4 Å². The first-order valence-electron chi connectivity index (χ1n) is 8.48. The minimum atomic E-state index is -0.253. The molecule has 1 aliphatic rings. The fourth-order valence-electron chi connectivity index (χ4n) is 2.88. The van der Waals surface area contributed by atoms with E-state index in [4.69, 9.17) is 16.3 Å². The van der Waals surface area contributed by atoms with Crippen LogP contribution in [0.15, 0.2) is 42.5 Å². The lowest BCUT2D eigenvalue weighted by molar-refractivity contribution is 0.247. The van der Waals surface area contributed by atoms with Crippen LogP contribution in [0.25, 0.3) is 0 Å². The van der Waals surface area contributed by atoms with Crippen molar-refractivity contribution >= 4 is 23.3 Å². The molecular weight excluding hydrogens is 338 g/mol. The van der Waals surface area contributed by atoms with Crippen molar-refractivity contribution in [1.29, 1.82) is 0 Å². The average molecular weight is 360 g/mol. The van der Waals surface area contributed by atoms with Gasteiger partial charge in [-0.05, 0) is 49.7 Å². The van der Waals surface area contributed by atoms with Crippen LogP contribution in [0.1, 0.15) is 11.1 Å². The summed E-state index contributed by atoms with van der Waals surface area (Å²) < 4.78 is 5.89. The summed E-state index contributed by atoms with van der Waals surface area (Å²) in [7, 11) is 0. The molecule has 0 saturated carbocycles. The molecule has 132 valence electrons. The third-order valence-electron chi connectivity index (χ3n) is 4.10. The number of para-hydroxylation sites is 1. The number of carbonyl (C=O) groups excluding carboxylic acids is 1. The van der Waals surface area contributed by atoms with Crippen LogP contribution in [0.4, 0.5) is 10.5 Å². The second-order valence-corrected chi connectivity index (χ2v) is 6.27. The van der Waals surface area contributed by atoms with Gasteiger partial charge in [0.05, 0.1) is 11.6 Å². The normalized spacial score (nSPS) is 13.5. The van der Waals surface area contributed by atoms with Gasteiger partial charge in [0.2, 0.25) is 0 Å². The van der Waals surface area contributed by atoms with E-state index < -0.39 is 0 Å². The van der Waals surface area contributed by atoms with E-state index in [1.807, 2.05) is 36.4 Å². The highest BCUT2D eigenvalue weighted by atomic mass is 35.5. The summed E-state index contributed by atoms with van der Waals surface area (Å²) in [6, 6.07) is 13.0. The molecule has 3 N–H and O–H groups in total. The Kier molecular flexibility index (Phi) is 6.14. The number of hydrogen-bond donors (Lipinski definition) is 3. The number of fused-ring (bicyclic) bond motifs is 1. The van der Waals surface area contributed by atoms with E-state index in [2.05, 4.69) is 22.0 Å². The zero-order valence-electron chi connectivity index (χ0n) is 14.0. The number of carbonyl (C=O) groups is 1. The minimum absolute atomic E-state index is 0.253. The molecule has 0 bridgehead atoms. The lowest BCUT2D eigenvalue weighted by Gasteiger charge is -2.15. The molecule has 6 heteroatoms. The zero-order valence-corrected chi connectivity index (χ0v) is 14.7. The van der Waals surface area contributed by atoms with Gasteiger partial charge in [-0.3, -0.25) is 0 Å². The number of nitrogens with one attached hydrogen (secondary N) is 3. The minimum Gasteiger partial charge on any atom is -0.490 e. The van der Waals surface area contributed by atoms with Crippen molar-refractivity contribution in [2.45, 2.75) is 12.8 Å². The summed E-state index contributed by atoms with van der Waals surface area (Å²) in [6.45, 7) is 2.65. The fraction of sp³-hybridized carbons (Fsp3) is 0.316. The zero-order chi connectivity index (χ0) is 17.5. The monoisotopic (exact) mass is 359 g/mol. The number of ether oxygens (including phenoxy) is 1. The Hall–Kier alpha value is -2.24. The quantitative estimate of drug-likeness (QED) is 0.718. The SMILES string of the molecule is O=C(NCCOc1c(Cl)ccc2c1CCNCC2)Nc1ccccc1. The second kappa shape index (κ2) is 8.74. The van der Waals surface area contributed by atoms with Crippen LogP contribution < -0.4 is 20.7 Å². The number of amides is 2. The van der Waals surface area contributed by atoms with Gasteiger partial charge in [-0.25, -0.2) is 4.79 Å². The third-order valence-corrected chi connectivity index (χ3v) is 4.40. The number of benzene rings is 2. The summed E-state index contributed by atoms with van der Waals surface area (Å²) in [6.07, 6.45) is 1.87. The summed E-state index contributed by atoms with van der Waals surface area (Å²) >= 11 is 6.32. The highest BCUT2D eigenvalue weighted by molar-refractivity contribution is 6.32. The first-order chi connectivity index (χ1) is 12.2. The standard InChI is InChI=1S/C19H22ClN3O2/c20-17-7-6-14-8-10-21-11-9-16(14)18(17)25-13-12-22-19(24)23-15-4-2-1-3-5-15/h1-7,21H,8-13H2,(H2,22,23,24). The molecule has 0 saturated heterocycles. The molecule has 3 rings (SSSR count). The Morgan fingerprint density at radius 1 is 1.12 bits per heavy atom. The van der Waals surface area contributed by atoms with Crippen molar-refractivity contribution in [3.8, 4) is 5.75 Å². The van der Waals surface area contributed by atoms with Crippen LogP contribution >= 0.6 is 11.6 Å². The molecule has 2 amide bonds. The molecule has 1 heterocycles. The Labute approximate surface area is 152 Å². The van der Waals surface area contributed by atoms with Crippen LogP contribution in [0.3, 0.4) is 0 Å². The van der Waals surface area contributed by atoms with E-state index >= 15 is 0 Å². The van der Waals surface area contributed by atoms with E-state index in [0.29, 0.717) is 18.2 Å². The molecule has 2 aromatic carbocycles. The lowest BCUT2D eigenvalue weighted by Crippen LogP contribution is -2.32. The molecular formula is C19H22ClN3O2. The Bertz CT molecular complexity index is 722. The van der Waals surface area contributed by atoms with Gasteiger partial charge in [0.25, 0.3) is 0 Å². The van der Waals surface area contributed by atoms with Gasteiger partial charge in [-0.2, -0.15) is 0 Å². The van der Waals surface area contributed by atoms with E-state index in [-0.39, 0.29) is 6.03 Å². The van der Waals surface area contributed by atoms with Gasteiger partial charge in [0.15, 0.2) is 0 Å². The summed E-state index contributed by atoms with van der Waals surface area (Å²) in [4.78, 5) is 11.9. The van der Waals surface area contributed by atoms with Gasteiger partial charge in [0.1, 0.15) is 12.4 Å². The molecule has 0 fully saturated rings. The number of rotatable bonds is 5. The first kappa shape index (κ1) is 17.6. The van der Waals surface area contributed by atoms with Gasteiger partial charge < -0.3 is 20.7 Å². The van der Waals surface area contributed by atoms with Crippen LogP contribution in [0, 0.1) is 0 Å². The molecule has 25 heavy (non-hydrogen) atoms. The third kappa shape index (κ3) is 4.87. The molecule has 5 nitrogen and oxygen atoms in total. The summed E-state index contributed by atoms with van der Waals surface area (Å²) in [5.74, 6) is 0.744. The number of halogens is 1. The highest BCUT2D eigenvalue weighted by Crippen LogP contribution is 2.32. The van der Waals surface area contributed by atoms with Crippen molar-refractivity contribution < 1.29 is 9.53 Å². The predicted octanol–water partition coefficient (Wildman–Crippen LogP) is 3.23. The maximum absolute atomic E-state index is 11.9. The molecule has 2 aromatic rings. The first-order valence-corrected chi connectivity index (χ1v) is 8.85. The average Bonchev–Trinajstić information content (AvgIpc) is 2.86. The van der Waals surface area contributed by atoms with Gasteiger partial charge in [0, 0.05) is 11.3 Å². The molecule has 0 radical (unpaired) electrons. The van der Waals surface area contributed by atoms with E-state index in [0.717, 1.165) is 37.4 Å². The van der Waals surface area contributed by atoms with E-state index in [1.165, 1.54) is 11.1 Å². The smallest absolute Gasteiger partial charge is 0.319 e. The van der Waals surface area contributed by atoms with E-state index in [9.17, 15) is 4.79 Å². The van der Waals surface area contributed by atoms with Gasteiger partial charge in [-0.1, -0.05) is 35.9 Å². The number of urea groups is 1. The highest BCUT2D eigenvalue weighted by Gasteiger charge is 2.16. The van der Waals surface area contributed by atoms with Gasteiger partial charge in [-0.15, -0.1) is 0 Å². The van der Waals surface area contributed by atoms with Crippen LogP contribution in [-0.4, -0.2) is 32.3 Å². The van der Waals surface area contributed by atoms with Crippen LogP contribution in [0.5, 0.6) is 5.75 Å². The van der Waals surface area contributed by atoms with Gasteiger partial charge >= 0.3 is 6.03 Å². The van der Waals surface area contributed by atoms with Crippen molar-refractivity contribution in [2.75, 3.05) is 31.6 Å². The molecule has 1 aliphatic heterocycles. The van der Waals surface area contributed by atoms with Crippen LogP contribution in [0.2, 0.25) is 5.02 Å². The van der Waals surface area contributed by atoms with Crippen molar-refractivity contribution in [2.24, 2.45) is 0 Å². The summed E-state index contributed by atoms with van der Waals surface area (Å²) in [5.41, 5.74) is 3.20. The fourth-order valence-corrected chi connectivity index (χ4v) is 3.11. The molecule has 0 spiro atoms. The van der Waals surface area contributed by atoms with Crippen molar-refractivity contribution in [1.82, 2.24) is 10.6 Å². The van der Waals surface area contributed by atoms with Crippen molar-refractivity contribution in [3.05, 3.63) is 58.6 Å². The number of hydrogen-bond acceptors (Lipinski definition) is 3. The predicted molar refractivity (Wildman–Crippen MR) is 101 cm³/mol. The molecule has 0 unspecified atom stereocenters. The molecule has 0 atom stereocenters. The maximum atomic E-state index is 11.9. The maximum Gasteiger partial charge on any atom is 0.319 e. The molecule has 0 aliphatic carbocycles. The Balaban J connectivity index is 1.51. The van der Waals surface area contributed by atoms with Crippen LogP contribution in [-0.2, 0) is 12.8 Å². The lowest BCUT2D eigenvalue weighted by atomic mass is 10.0. The largest absolute Gasteiger partial charge is 0.490 e. The molecule has 0 aromatic heterocycles. The Morgan fingerprint density at radius 2 is 1.92 bits per heavy atom. The van der Waals surface area contributed by atoms with Crippen molar-refractivity contribution in [3.63, 3.8) is 0 Å².